The number of fused-ring (bicyclic) bond motifs is 1. The van der Waals surface area contributed by atoms with Crippen LogP contribution in [0, 0.1) is 5.41 Å². The molecule has 3 atom stereocenters. The van der Waals surface area contributed by atoms with E-state index in [4.69, 9.17) is 0 Å². The topological polar surface area (TPSA) is 42.2 Å². The van der Waals surface area contributed by atoms with Crippen molar-refractivity contribution in [1.29, 1.82) is 0 Å². The molecule has 0 radical (unpaired) electrons. The Bertz CT molecular complexity index is 464. The second kappa shape index (κ2) is 4.82. The first kappa shape index (κ1) is 13.8. The molecule has 2 rings (SSSR count). The summed E-state index contributed by atoms with van der Waals surface area (Å²) in [6.45, 7) is 6.48. The van der Waals surface area contributed by atoms with Gasteiger partial charge in [-0.15, -0.1) is 0 Å². The van der Waals surface area contributed by atoms with Crippen molar-refractivity contribution < 1.29 is 9.32 Å². The lowest BCUT2D eigenvalue weighted by Crippen LogP contribution is -2.28. The first-order chi connectivity index (χ1) is 8.30. The van der Waals surface area contributed by atoms with Crippen LogP contribution in [0.1, 0.15) is 50.6 Å². The molecular formula is C14H23NO2S. The SMILES string of the molecule is CC(CS(C)=O)n1ccc2c1CC(C)(C)CC2O. The first-order valence-corrected chi connectivity index (χ1v) is 8.20. The van der Waals surface area contributed by atoms with E-state index in [0.717, 1.165) is 18.4 Å². The third-order valence-electron chi connectivity index (χ3n) is 3.76. The van der Waals surface area contributed by atoms with Crippen LogP contribution in [0.4, 0.5) is 0 Å². The van der Waals surface area contributed by atoms with Gasteiger partial charge in [-0.3, -0.25) is 4.21 Å². The van der Waals surface area contributed by atoms with Crippen LogP contribution in [0.5, 0.6) is 0 Å². The number of aromatic nitrogens is 1. The molecule has 1 N–H and O–H groups in total. The molecule has 1 aromatic rings. The summed E-state index contributed by atoms with van der Waals surface area (Å²) in [7, 11) is -0.792. The van der Waals surface area contributed by atoms with E-state index in [1.165, 1.54) is 5.69 Å². The smallest absolute Gasteiger partial charge is 0.0812 e. The van der Waals surface area contributed by atoms with E-state index < -0.39 is 10.8 Å². The van der Waals surface area contributed by atoms with Crippen LogP contribution in [-0.2, 0) is 17.2 Å². The van der Waals surface area contributed by atoms with Crippen molar-refractivity contribution in [2.45, 2.75) is 45.8 Å². The van der Waals surface area contributed by atoms with Crippen LogP contribution in [0.15, 0.2) is 12.3 Å². The van der Waals surface area contributed by atoms with Crippen molar-refractivity contribution in [3.63, 3.8) is 0 Å². The molecule has 3 nitrogen and oxygen atoms in total. The predicted molar refractivity (Wildman–Crippen MR) is 75.1 cm³/mol. The largest absolute Gasteiger partial charge is 0.388 e. The van der Waals surface area contributed by atoms with Crippen LogP contribution in [0.25, 0.3) is 0 Å². The zero-order chi connectivity index (χ0) is 13.5. The highest BCUT2D eigenvalue weighted by molar-refractivity contribution is 7.84. The Hall–Kier alpha value is -0.610. The molecule has 1 aliphatic rings. The van der Waals surface area contributed by atoms with Gasteiger partial charge in [-0.1, -0.05) is 13.8 Å². The van der Waals surface area contributed by atoms with Gasteiger partial charge in [0.05, 0.1) is 6.10 Å². The summed E-state index contributed by atoms with van der Waals surface area (Å²) in [6.07, 6.45) is 5.22. The third-order valence-corrected chi connectivity index (χ3v) is 4.71. The molecule has 0 bridgehead atoms. The van der Waals surface area contributed by atoms with Crippen molar-refractivity contribution in [2.24, 2.45) is 5.41 Å². The van der Waals surface area contributed by atoms with E-state index in [0.29, 0.717) is 5.75 Å². The van der Waals surface area contributed by atoms with Crippen LogP contribution in [-0.4, -0.2) is 25.9 Å². The van der Waals surface area contributed by atoms with Gasteiger partial charge in [0.2, 0.25) is 0 Å². The van der Waals surface area contributed by atoms with E-state index >= 15 is 0 Å². The molecule has 0 saturated heterocycles. The maximum atomic E-state index is 11.4. The Labute approximate surface area is 112 Å². The Morgan fingerprint density at radius 1 is 1.61 bits per heavy atom. The molecule has 0 saturated carbocycles. The summed E-state index contributed by atoms with van der Waals surface area (Å²) in [6, 6.07) is 2.24. The fraction of sp³-hybridized carbons (Fsp3) is 0.714. The average Bonchev–Trinajstić information content (AvgIpc) is 2.58. The Morgan fingerprint density at radius 2 is 2.28 bits per heavy atom. The minimum Gasteiger partial charge on any atom is -0.388 e. The van der Waals surface area contributed by atoms with Gasteiger partial charge in [0.1, 0.15) is 0 Å². The molecule has 0 spiro atoms. The number of nitrogens with zero attached hydrogens (tertiary/aromatic N) is 1. The molecule has 102 valence electrons. The average molecular weight is 269 g/mol. The predicted octanol–water partition coefficient (Wildman–Crippen LogP) is 2.43. The lowest BCUT2D eigenvalue weighted by Gasteiger charge is -2.34. The molecule has 0 aliphatic heterocycles. The summed E-state index contributed by atoms with van der Waals surface area (Å²) in [5, 5.41) is 10.2. The quantitative estimate of drug-likeness (QED) is 0.915. The van der Waals surface area contributed by atoms with Crippen LogP contribution < -0.4 is 0 Å². The lowest BCUT2D eigenvalue weighted by molar-refractivity contribution is 0.0977. The van der Waals surface area contributed by atoms with Gasteiger partial charge in [-0.25, -0.2) is 0 Å². The van der Waals surface area contributed by atoms with Gasteiger partial charge < -0.3 is 9.67 Å². The molecule has 1 aromatic heterocycles. The standard InChI is InChI=1S/C14H23NO2S/c1-10(9-18(4)17)15-6-5-11-12(15)7-14(2,3)8-13(11)16/h5-6,10,13,16H,7-9H2,1-4H3. The number of hydrogen-bond donors (Lipinski definition) is 1. The summed E-state index contributed by atoms with van der Waals surface area (Å²) in [5.74, 6) is 0.664. The zero-order valence-corrected chi connectivity index (χ0v) is 12.5. The zero-order valence-electron chi connectivity index (χ0n) is 11.6. The summed E-state index contributed by atoms with van der Waals surface area (Å²) in [4.78, 5) is 0. The number of rotatable bonds is 3. The second-order valence-electron chi connectivity index (χ2n) is 6.27. The van der Waals surface area contributed by atoms with Gasteiger partial charge in [0.15, 0.2) is 0 Å². The fourth-order valence-corrected chi connectivity index (χ4v) is 3.82. The van der Waals surface area contributed by atoms with Crippen molar-refractivity contribution in [1.82, 2.24) is 4.57 Å². The van der Waals surface area contributed by atoms with Crippen molar-refractivity contribution in [3.05, 3.63) is 23.5 Å². The van der Waals surface area contributed by atoms with E-state index in [-0.39, 0.29) is 17.6 Å². The minimum absolute atomic E-state index is 0.133. The third kappa shape index (κ3) is 2.69. The molecule has 0 amide bonds. The molecule has 0 fully saturated rings. The highest BCUT2D eigenvalue weighted by atomic mass is 32.2. The molecular weight excluding hydrogens is 246 g/mol. The van der Waals surface area contributed by atoms with Crippen molar-refractivity contribution in [3.8, 4) is 0 Å². The van der Waals surface area contributed by atoms with Crippen LogP contribution in [0.3, 0.4) is 0 Å². The van der Waals surface area contributed by atoms with E-state index in [1.54, 1.807) is 6.26 Å². The van der Waals surface area contributed by atoms with Gasteiger partial charge in [-0.2, -0.15) is 0 Å². The normalized spacial score (nSPS) is 25.5. The summed E-state index contributed by atoms with van der Waals surface area (Å²) in [5.41, 5.74) is 2.41. The monoisotopic (exact) mass is 269 g/mol. The Kier molecular flexibility index (Phi) is 3.70. The van der Waals surface area contributed by atoms with E-state index in [1.807, 2.05) is 12.3 Å². The van der Waals surface area contributed by atoms with Crippen molar-refractivity contribution in [2.75, 3.05) is 12.0 Å². The number of aliphatic hydroxyl groups is 1. The first-order valence-electron chi connectivity index (χ1n) is 6.48. The number of aliphatic hydroxyl groups excluding tert-OH is 1. The van der Waals surface area contributed by atoms with Gasteiger partial charge in [-0.05, 0) is 31.2 Å². The highest BCUT2D eigenvalue weighted by Gasteiger charge is 2.33. The van der Waals surface area contributed by atoms with E-state index in [9.17, 15) is 9.32 Å². The van der Waals surface area contributed by atoms with Crippen LogP contribution >= 0.6 is 0 Å². The second-order valence-corrected chi connectivity index (χ2v) is 7.75. The van der Waals surface area contributed by atoms with Gasteiger partial charge >= 0.3 is 0 Å². The maximum Gasteiger partial charge on any atom is 0.0812 e. The fourth-order valence-electron chi connectivity index (χ4n) is 2.98. The van der Waals surface area contributed by atoms with Crippen LogP contribution in [0.2, 0.25) is 0 Å². The van der Waals surface area contributed by atoms with Gasteiger partial charge in [0, 0.05) is 46.3 Å². The molecule has 3 unspecified atom stereocenters. The molecule has 1 aliphatic carbocycles. The molecule has 1 heterocycles. The van der Waals surface area contributed by atoms with Gasteiger partial charge in [0.25, 0.3) is 0 Å². The molecule has 4 heteroatoms. The minimum atomic E-state index is -0.792. The molecule has 18 heavy (non-hydrogen) atoms. The number of hydrogen-bond acceptors (Lipinski definition) is 2. The highest BCUT2D eigenvalue weighted by Crippen LogP contribution is 2.41. The Balaban J connectivity index is 2.33. The van der Waals surface area contributed by atoms with E-state index in [2.05, 4.69) is 25.3 Å². The molecule has 0 aromatic carbocycles. The summed E-state index contributed by atoms with van der Waals surface area (Å²) < 4.78 is 13.6. The maximum absolute atomic E-state index is 11.4. The Morgan fingerprint density at radius 3 is 2.89 bits per heavy atom. The summed E-state index contributed by atoms with van der Waals surface area (Å²) >= 11 is 0. The van der Waals surface area contributed by atoms with Crippen molar-refractivity contribution >= 4 is 10.8 Å². The lowest BCUT2D eigenvalue weighted by atomic mass is 9.75.